The Balaban J connectivity index is 1.88. The largest absolute Gasteiger partial charge is 0.495 e. The van der Waals surface area contributed by atoms with Gasteiger partial charge in [0, 0.05) is 23.6 Å². The zero-order valence-electron chi connectivity index (χ0n) is 16.0. The highest BCUT2D eigenvalue weighted by atomic mass is 16.5. The van der Waals surface area contributed by atoms with Crippen LogP contribution in [0.2, 0.25) is 0 Å². The summed E-state index contributed by atoms with van der Waals surface area (Å²) in [6.07, 6.45) is 5.62. The molecule has 0 bridgehead atoms. The van der Waals surface area contributed by atoms with Crippen LogP contribution in [-0.2, 0) is 4.79 Å². The maximum absolute atomic E-state index is 11.8. The highest BCUT2D eigenvalue weighted by Crippen LogP contribution is 2.24. The molecule has 0 saturated carbocycles. The number of primary amides is 1. The average Bonchev–Trinajstić information content (AvgIpc) is 2.74. The van der Waals surface area contributed by atoms with Crippen molar-refractivity contribution in [1.29, 1.82) is 0 Å². The van der Waals surface area contributed by atoms with E-state index in [4.69, 9.17) is 10.5 Å². The molecular formula is C20H19N7O3. The summed E-state index contributed by atoms with van der Waals surface area (Å²) < 4.78 is 5.14. The molecule has 0 spiro atoms. The summed E-state index contributed by atoms with van der Waals surface area (Å²) >= 11 is 0. The number of carbonyl (C=O) groups is 2. The molecular weight excluding hydrogens is 386 g/mol. The zero-order valence-corrected chi connectivity index (χ0v) is 16.0. The SMILES string of the molecule is C=CC(=O)Nc1cccc(Nc2nc(Nc3cncc(OC)c3)ncc2C(N)=O)c1. The van der Waals surface area contributed by atoms with E-state index in [2.05, 4.69) is 37.5 Å². The quantitative estimate of drug-likeness (QED) is 0.419. The fraction of sp³-hybridized carbons (Fsp3) is 0.0500. The lowest BCUT2D eigenvalue weighted by atomic mass is 10.2. The third-order valence-corrected chi connectivity index (χ3v) is 3.84. The minimum Gasteiger partial charge on any atom is -0.495 e. The zero-order chi connectivity index (χ0) is 21.5. The van der Waals surface area contributed by atoms with Gasteiger partial charge in [0.2, 0.25) is 11.9 Å². The van der Waals surface area contributed by atoms with Crippen LogP contribution in [0.4, 0.5) is 28.8 Å². The van der Waals surface area contributed by atoms with Gasteiger partial charge in [-0.3, -0.25) is 14.6 Å². The van der Waals surface area contributed by atoms with Gasteiger partial charge in [0.1, 0.15) is 17.1 Å². The van der Waals surface area contributed by atoms with Gasteiger partial charge in [0.25, 0.3) is 5.91 Å². The third kappa shape index (κ3) is 5.07. The number of hydrogen-bond acceptors (Lipinski definition) is 8. The number of nitrogens with one attached hydrogen (secondary N) is 3. The van der Waals surface area contributed by atoms with Crippen LogP contribution in [0.5, 0.6) is 5.75 Å². The molecule has 3 aromatic rings. The van der Waals surface area contributed by atoms with Crippen LogP contribution in [0.3, 0.4) is 0 Å². The van der Waals surface area contributed by atoms with E-state index in [1.165, 1.54) is 19.4 Å². The Morgan fingerprint density at radius 1 is 1.10 bits per heavy atom. The van der Waals surface area contributed by atoms with Crippen molar-refractivity contribution in [1.82, 2.24) is 15.0 Å². The van der Waals surface area contributed by atoms with E-state index in [-0.39, 0.29) is 23.2 Å². The molecule has 0 saturated heterocycles. The number of ether oxygens (including phenoxy) is 1. The van der Waals surface area contributed by atoms with Crippen LogP contribution in [0.15, 0.2) is 61.6 Å². The van der Waals surface area contributed by atoms with Crippen molar-refractivity contribution in [2.24, 2.45) is 5.73 Å². The fourth-order valence-electron chi connectivity index (χ4n) is 2.45. The van der Waals surface area contributed by atoms with E-state index < -0.39 is 5.91 Å². The standard InChI is InChI=1S/C20H19N7O3/c1-3-17(28)24-12-5-4-6-13(7-12)25-19-16(18(21)29)11-23-20(27-19)26-14-8-15(30-2)10-22-9-14/h3-11H,1H2,2H3,(H2,21,29)(H,24,28)(H2,23,25,26,27). The van der Waals surface area contributed by atoms with Crippen molar-refractivity contribution >= 4 is 40.6 Å². The van der Waals surface area contributed by atoms with Gasteiger partial charge < -0.3 is 26.4 Å². The molecule has 10 nitrogen and oxygen atoms in total. The number of aromatic nitrogens is 3. The van der Waals surface area contributed by atoms with Crippen LogP contribution < -0.4 is 26.4 Å². The summed E-state index contributed by atoms with van der Waals surface area (Å²) in [5.74, 6) is -0.0594. The molecule has 3 rings (SSSR count). The molecule has 0 aliphatic heterocycles. The smallest absolute Gasteiger partial charge is 0.254 e. The van der Waals surface area contributed by atoms with Crippen LogP contribution in [0.1, 0.15) is 10.4 Å². The van der Waals surface area contributed by atoms with E-state index in [1.807, 2.05) is 0 Å². The number of benzene rings is 1. The van der Waals surface area contributed by atoms with Crippen LogP contribution in [0.25, 0.3) is 0 Å². The maximum Gasteiger partial charge on any atom is 0.254 e. The molecule has 0 aliphatic rings. The Morgan fingerprint density at radius 3 is 2.63 bits per heavy atom. The van der Waals surface area contributed by atoms with Gasteiger partial charge in [-0.25, -0.2) is 4.98 Å². The molecule has 2 amide bonds. The number of pyridine rings is 1. The number of anilines is 5. The monoisotopic (exact) mass is 405 g/mol. The molecule has 0 aliphatic carbocycles. The molecule has 10 heteroatoms. The highest BCUT2D eigenvalue weighted by molar-refractivity contribution is 6.00. The second-order valence-corrected chi connectivity index (χ2v) is 5.96. The summed E-state index contributed by atoms with van der Waals surface area (Å²) in [4.78, 5) is 35.8. The fourth-order valence-corrected chi connectivity index (χ4v) is 2.45. The van der Waals surface area contributed by atoms with E-state index in [0.717, 1.165) is 0 Å². The highest BCUT2D eigenvalue weighted by Gasteiger charge is 2.13. The van der Waals surface area contributed by atoms with E-state index in [9.17, 15) is 9.59 Å². The molecule has 2 aromatic heterocycles. The molecule has 0 fully saturated rings. The average molecular weight is 405 g/mol. The van der Waals surface area contributed by atoms with E-state index in [0.29, 0.717) is 22.8 Å². The van der Waals surface area contributed by atoms with Gasteiger partial charge in [0.05, 0.1) is 25.2 Å². The molecule has 0 unspecified atom stereocenters. The van der Waals surface area contributed by atoms with Gasteiger partial charge in [-0.15, -0.1) is 0 Å². The van der Waals surface area contributed by atoms with Crippen molar-refractivity contribution in [2.75, 3.05) is 23.1 Å². The summed E-state index contributed by atoms with van der Waals surface area (Å²) in [5.41, 5.74) is 7.27. The Kier molecular flexibility index (Phi) is 6.18. The lowest BCUT2D eigenvalue weighted by Gasteiger charge is -2.12. The Bertz CT molecular complexity index is 1100. The lowest BCUT2D eigenvalue weighted by molar-refractivity contribution is -0.111. The molecule has 30 heavy (non-hydrogen) atoms. The second kappa shape index (κ2) is 9.15. The van der Waals surface area contributed by atoms with Gasteiger partial charge in [-0.2, -0.15) is 4.98 Å². The number of rotatable bonds is 8. The van der Waals surface area contributed by atoms with Crippen LogP contribution in [-0.4, -0.2) is 33.9 Å². The molecule has 152 valence electrons. The third-order valence-electron chi connectivity index (χ3n) is 3.84. The normalized spacial score (nSPS) is 10.0. The first-order valence-electron chi connectivity index (χ1n) is 8.72. The molecule has 0 atom stereocenters. The Hall–Kier alpha value is -4.47. The predicted molar refractivity (Wildman–Crippen MR) is 113 cm³/mol. The van der Waals surface area contributed by atoms with Gasteiger partial charge in [-0.05, 0) is 24.3 Å². The summed E-state index contributed by atoms with van der Waals surface area (Å²) in [5, 5.41) is 8.67. The topological polar surface area (TPSA) is 144 Å². The maximum atomic E-state index is 11.8. The number of carbonyl (C=O) groups excluding carboxylic acids is 2. The summed E-state index contributed by atoms with van der Waals surface area (Å²) in [7, 11) is 1.53. The lowest BCUT2D eigenvalue weighted by Crippen LogP contribution is -2.16. The number of methoxy groups -OCH3 is 1. The number of hydrogen-bond donors (Lipinski definition) is 4. The molecule has 1 aromatic carbocycles. The second-order valence-electron chi connectivity index (χ2n) is 5.96. The Morgan fingerprint density at radius 2 is 1.90 bits per heavy atom. The number of nitrogens with zero attached hydrogens (tertiary/aromatic N) is 3. The van der Waals surface area contributed by atoms with E-state index >= 15 is 0 Å². The first kappa shape index (κ1) is 20.3. The van der Waals surface area contributed by atoms with Crippen molar-refractivity contribution in [2.45, 2.75) is 0 Å². The van der Waals surface area contributed by atoms with E-state index in [1.54, 1.807) is 42.7 Å². The van der Waals surface area contributed by atoms with Crippen molar-refractivity contribution < 1.29 is 14.3 Å². The van der Waals surface area contributed by atoms with Gasteiger partial charge in [0.15, 0.2) is 0 Å². The molecule has 0 radical (unpaired) electrons. The van der Waals surface area contributed by atoms with Crippen LogP contribution >= 0.6 is 0 Å². The number of amides is 2. The number of nitrogens with two attached hydrogens (primary N) is 1. The molecule has 5 N–H and O–H groups in total. The first-order valence-corrected chi connectivity index (χ1v) is 8.72. The van der Waals surface area contributed by atoms with Gasteiger partial charge >= 0.3 is 0 Å². The van der Waals surface area contributed by atoms with Crippen LogP contribution in [0, 0.1) is 0 Å². The first-order chi connectivity index (χ1) is 14.5. The molecule has 2 heterocycles. The minimum atomic E-state index is -0.691. The predicted octanol–water partition coefficient (Wildman–Crippen LogP) is 2.59. The van der Waals surface area contributed by atoms with Gasteiger partial charge in [-0.1, -0.05) is 12.6 Å². The Labute approximate surface area is 172 Å². The minimum absolute atomic E-state index is 0.102. The van der Waals surface area contributed by atoms with Crippen molar-refractivity contribution in [3.63, 3.8) is 0 Å². The van der Waals surface area contributed by atoms with Crippen molar-refractivity contribution in [3.8, 4) is 5.75 Å². The van der Waals surface area contributed by atoms with Crippen molar-refractivity contribution in [3.05, 3.63) is 67.1 Å². The summed E-state index contributed by atoms with van der Waals surface area (Å²) in [6.45, 7) is 3.42. The summed E-state index contributed by atoms with van der Waals surface area (Å²) in [6, 6.07) is 8.58.